The Labute approximate surface area is 245 Å². The molecule has 41 heavy (non-hydrogen) atoms. The summed E-state index contributed by atoms with van der Waals surface area (Å²) in [5, 5.41) is 0. The van der Waals surface area contributed by atoms with Crippen LogP contribution in [0.2, 0.25) is 0 Å². The van der Waals surface area contributed by atoms with Gasteiger partial charge in [0.25, 0.3) is 5.91 Å². The minimum atomic E-state index is -1.47. The van der Waals surface area contributed by atoms with Crippen molar-refractivity contribution >= 4 is 23.0 Å². The van der Waals surface area contributed by atoms with Crippen molar-refractivity contribution in [3.05, 3.63) is 132 Å². The molecule has 4 aromatic carbocycles. The Morgan fingerprint density at radius 3 is 2.27 bits per heavy atom. The molecule has 1 amide bonds. The smallest absolute Gasteiger partial charge is 0.292 e. The molecule has 0 aliphatic carbocycles. The molecule has 5 rings (SSSR count). The number of nitrogens with zero attached hydrogens (tertiary/aromatic N) is 2. The number of benzene rings is 4. The molecule has 210 valence electrons. The third-order valence-electron chi connectivity index (χ3n) is 7.16. The van der Waals surface area contributed by atoms with Crippen LogP contribution in [-0.2, 0) is 23.7 Å². The van der Waals surface area contributed by atoms with Crippen LogP contribution in [0.4, 0.5) is 5.69 Å². The lowest BCUT2D eigenvalue weighted by Gasteiger charge is -2.36. The first-order valence-corrected chi connectivity index (χ1v) is 15.1. The van der Waals surface area contributed by atoms with Gasteiger partial charge in [-0.15, -0.1) is 0 Å². The Balaban J connectivity index is 1.13. The Kier molecular flexibility index (Phi) is 9.75. The van der Waals surface area contributed by atoms with Crippen LogP contribution in [0, 0.1) is 0 Å². The van der Waals surface area contributed by atoms with E-state index in [2.05, 4.69) is 57.5 Å². The average molecular weight is 566 g/mol. The highest BCUT2D eigenvalue weighted by molar-refractivity contribution is 7.89. The number of hydrogen-bond acceptors (Lipinski definition) is 5. The first-order valence-electron chi connectivity index (χ1n) is 13.8. The predicted octanol–water partition coefficient (Wildman–Crippen LogP) is 5.83. The van der Waals surface area contributed by atoms with Crippen molar-refractivity contribution in [2.45, 2.75) is 12.3 Å². The molecule has 0 radical (unpaired) electrons. The van der Waals surface area contributed by atoms with E-state index in [1.165, 1.54) is 16.7 Å². The van der Waals surface area contributed by atoms with Gasteiger partial charge in [0, 0.05) is 49.5 Å². The van der Waals surface area contributed by atoms with Gasteiger partial charge in [-0.3, -0.25) is 9.69 Å². The number of piperazine rings is 1. The van der Waals surface area contributed by atoms with Crippen molar-refractivity contribution in [3.63, 3.8) is 0 Å². The fourth-order valence-corrected chi connectivity index (χ4v) is 5.87. The highest BCUT2D eigenvalue weighted by Crippen LogP contribution is 2.27. The first kappa shape index (κ1) is 28.5. The van der Waals surface area contributed by atoms with Gasteiger partial charge in [-0.1, -0.05) is 79.4 Å². The van der Waals surface area contributed by atoms with Crippen LogP contribution in [-0.4, -0.2) is 48.1 Å². The number of rotatable bonds is 11. The van der Waals surface area contributed by atoms with Gasteiger partial charge in [0.05, 0.1) is 11.4 Å². The minimum absolute atomic E-state index is 0.288. The Morgan fingerprint density at radius 2 is 1.56 bits per heavy atom. The highest BCUT2D eigenvalue weighted by atomic mass is 32.2. The van der Waals surface area contributed by atoms with E-state index in [4.69, 9.17) is 4.74 Å². The molecule has 0 bridgehead atoms. The molecule has 4 aromatic rings. The Hall–Kier alpha value is -4.04. The van der Waals surface area contributed by atoms with Crippen molar-refractivity contribution < 1.29 is 14.1 Å². The molecular formula is C34H35N3O3S. The Bertz CT molecular complexity index is 1420. The normalized spacial score (nSPS) is 14.3. The molecule has 1 unspecified atom stereocenters. The maximum absolute atomic E-state index is 12.6. The standard InChI is InChI=1S/C34H35N3O3S/c1-2-24-40-32-18-14-28(15-19-32)33-11-7-6-10-30(33)25-36-20-22-37(23-21-36)31-16-12-29(13-17-31)34(38)35-41(39)26-27-8-4-3-5-9-27/h2-19H,1,20-26H2,(H,35,38). The molecule has 1 aliphatic rings. The van der Waals surface area contributed by atoms with Crippen LogP contribution in [0.5, 0.6) is 5.75 Å². The number of carbonyl (C=O) groups excluding carboxylic acids is 1. The summed E-state index contributed by atoms with van der Waals surface area (Å²) in [5.74, 6) is 0.804. The third-order valence-corrected chi connectivity index (χ3v) is 8.17. The largest absolute Gasteiger partial charge is 0.593 e. The monoisotopic (exact) mass is 565 g/mol. The number of carbonyl (C=O) groups is 1. The topological polar surface area (TPSA) is 67.9 Å². The molecule has 6 nitrogen and oxygen atoms in total. The molecule has 1 N–H and O–H groups in total. The molecule has 1 fully saturated rings. The second-order valence-electron chi connectivity index (χ2n) is 10.00. The van der Waals surface area contributed by atoms with Crippen molar-refractivity contribution in [1.29, 1.82) is 0 Å². The average Bonchev–Trinajstić information content (AvgIpc) is 3.01. The lowest BCUT2D eigenvalue weighted by Crippen LogP contribution is -2.46. The second-order valence-corrected chi connectivity index (χ2v) is 11.2. The second kappa shape index (κ2) is 14.0. The van der Waals surface area contributed by atoms with Crippen LogP contribution in [0.15, 0.2) is 116 Å². The number of nitrogens with one attached hydrogen (secondary N) is 1. The number of amides is 1. The van der Waals surface area contributed by atoms with Gasteiger partial charge in [-0.2, -0.15) is 4.72 Å². The summed E-state index contributed by atoms with van der Waals surface area (Å²) in [6, 6.07) is 33.9. The number of anilines is 1. The van der Waals surface area contributed by atoms with Gasteiger partial charge in [-0.25, -0.2) is 0 Å². The van der Waals surface area contributed by atoms with Gasteiger partial charge < -0.3 is 14.2 Å². The zero-order valence-corrected chi connectivity index (χ0v) is 23.9. The molecule has 7 heteroatoms. The van der Waals surface area contributed by atoms with E-state index in [-0.39, 0.29) is 11.7 Å². The van der Waals surface area contributed by atoms with Crippen LogP contribution >= 0.6 is 0 Å². The van der Waals surface area contributed by atoms with Crippen molar-refractivity contribution in [2.24, 2.45) is 0 Å². The van der Waals surface area contributed by atoms with E-state index in [1.807, 2.05) is 54.6 Å². The minimum Gasteiger partial charge on any atom is -0.593 e. The lowest BCUT2D eigenvalue weighted by molar-refractivity contribution is 0.0981. The van der Waals surface area contributed by atoms with Gasteiger partial charge >= 0.3 is 0 Å². The summed E-state index contributed by atoms with van der Waals surface area (Å²) in [7, 11) is 0. The SMILES string of the molecule is C=CCOc1ccc(-c2ccccc2CN2CCN(c3ccc(C(=O)N[S+]([O-])Cc4ccccc4)cc3)CC2)cc1. The van der Waals surface area contributed by atoms with Crippen molar-refractivity contribution in [2.75, 3.05) is 37.7 Å². The summed E-state index contributed by atoms with van der Waals surface area (Å²) in [6.45, 7) is 8.80. The van der Waals surface area contributed by atoms with Crippen LogP contribution in [0.25, 0.3) is 11.1 Å². The number of hydrogen-bond donors (Lipinski definition) is 1. The van der Waals surface area contributed by atoms with Crippen molar-refractivity contribution in [3.8, 4) is 16.9 Å². The van der Waals surface area contributed by atoms with Crippen LogP contribution in [0.1, 0.15) is 21.5 Å². The lowest BCUT2D eigenvalue weighted by atomic mass is 9.99. The molecule has 1 aliphatic heterocycles. The van der Waals surface area contributed by atoms with Gasteiger partial charge in [0.1, 0.15) is 12.4 Å². The molecular weight excluding hydrogens is 530 g/mol. The zero-order chi connectivity index (χ0) is 28.4. The van der Waals surface area contributed by atoms with Gasteiger partial charge in [0.2, 0.25) is 0 Å². The van der Waals surface area contributed by atoms with Gasteiger partial charge in [0.15, 0.2) is 5.75 Å². The quantitative estimate of drug-likeness (QED) is 0.183. The molecule has 1 saturated heterocycles. The van der Waals surface area contributed by atoms with Crippen LogP contribution in [0.3, 0.4) is 0 Å². The van der Waals surface area contributed by atoms with E-state index < -0.39 is 11.4 Å². The first-order chi connectivity index (χ1) is 20.1. The molecule has 0 aromatic heterocycles. The van der Waals surface area contributed by atoms with Crippen LogP contribution < -0.4 is 14.4 Å². The number of ether oxygens (including phenoxy) is 1. The summed E-state index contributed by atoms with van der Waals surface area (Å²) < 4.78 is 20.6. The summed E-state index contributed by atoms with van der Waals surface area (Å²) in [5.41, 5.74) is 6.24. The maximum Gasteiger partial charge on any atom is 0.292 e. The fourth-order valence-electron chi connectivity index (χ4n) is 4.98. The van der Waals surface area contributed by atoms with Crippen molar-refractivity contribution in [1.82, 2.24) is 9.62 Å². The molecule has 0 spiro atoms. The van der Waals surface area contributed by atoms with E-state index in [9.17, 15) is 9.35 Å². The predicted molar refractivity (Wildman–Crippen MR) is 167 cm³/mol. The highest BCUT2D eigenvalue weighted by Gasteiger charge is 2.20. The van der Waals surface area contributed by atoms with E-state index in [0.717, 1.165) is 49.7 Å². The third kappa shape index (κ3) is 7.79. The van der Waals surface area contributed by atoms with Gasteiger partial charge in [-0.05, 0) is 53.1 Å². The molecule has 1 heterocycles. The molecule has 0 saturated carbocycles. The van der Waals surface area contributed by atoms with E-state index >= 15 is 0 Å². The summed E-state index contributed by atoms with van der Waals surface area (Å²) in [4.78, 5) is 17.4. The maximum atomic E-state index is 12.6. The zero-order valence-electron chi connectivity index (χ0n) is 23.1. The van der Waals surface area contributed by atoms with E-state index in [0.29, 0.717) is 12.2 Å². The summed E-state index contributed by atoms with van der Waals surface area (Å²) >= 11 is -1.47. The van der Waals surface area contributed by atoms with E-state index in [1.54, 1.807) is 18.2 Å². The Morgan fingerprint density at radius 1 is 0.878 bits per heavy atom. The summed E-state index contributed by atoms with van der Waals surface area (Å²) in [6.07, 6.45) is 1.75. The fraction of sp³-hybridized carbons (Fsp3) is 0.206. The molecule has 1 atom stereocenters.